The fraction of sp³-hybridized carbons (Fsp3) is 0.375. The van der Waals surface area contributed by atoms with Crippen molar-refractivity contribution in [2.75, 3.05) is 20.1 Å². The second-order valence-electron chi connectivity index (χ2n) is 8.58. The quantitative estimate of drug-likeness (QED) is 0.567. The van der Waals surface area contributed by atoms with E-state index in [0.717, 1.165) is 51.3 Å². The largest absolute Gasteiger partial charge is 0.477 e. The van der Waals surface area contributed by atoms with E-state index >= 15 is 0 Å². The number of allylic oxidation sites excluding steroid dienone is 1. The van der Waals surface area contributed by atoms with Crippen LogP contribution in [-0.2, 0) is 17.9 Å². The molecule has 0 saturated carbocycles. The number of ether oxygens (including phenoxy) is 4. The lowest BCUT2D eigenvalue weighted by molar-refractivity contribution is -0.0165. The summed E-state index contributed by atoms with van der Waals surface area (Å²) in [6, 6.07) is 5.80. The van der Waals surface area contributed by atoms with Gasteiger partial charge in [0.25, 0.3) is 0 Å². The van der Waals surface area contributed by atoms with Crippen molar-refractivity contribution < 1.29 is 23.7 Å². The number of carbonyl (C=O) groups excluding carboxylic acids is 1. The maximum atomic E-state index is 13.2. The Morgan fingerprint density at radius 1 is 1.13 bits per heavy atom. The molecule has 7 heteroatoms. The third-order valence-electron chi connectivity index (χ3n) is 5.62. The zero-order chi connectivity index (χ0) is 21.7. The van der Waals surface area contributed by atoms with E-state index in [2.05, 4.69) is 34.7 Å². The van der Waals surface area contributed by atoms with Crippen molar-refractivity contribution in [1.82, 2.24) is 4.90 Å². The molecular formula is C24H24BrNO5. The summed E-state index contributed by atoms with van der Waals surface area (Å²) in [6.45, 7) is 9.25. The predicted molar refractivity (Wildman–Crippen MR) is 119 cm³/mol. The predicted octanol–water partition coefficient (Wildman–Crippen LogP) is 5.05. The SMILES string of the molecule is Cc1c2c(cc3c1O/C(=C\c1cc(Br)cc4c1OCOC4)C3=O)CN(CC(C)C)CO2. The van der Waals surface area contributed by atoms with Crippen molar-refractivity contribution >= 4 is 27.8 Å². The summed E-state index contributed by atoms with van der Waals surface area (Å²) in [5, 5.41) is 0. The van der Waals surface area contributed by atoms with Gasteiger partial charge in [-0.05, 0) is 37.1 Å². The van der Waals surface area contributed by atoms with Crippen molar-refractivity contribution in [3.8, 4) is 17.2 Å². The second-order valence-corrected chi connectivity index (χ2v) is 9.49. The number of nitrogens with zero attached hydrogens (tertiary/aromatic N) is 1. The van der Waals surface area contributed by atoms with Crippen LogP contribution in [0.25, 0.3) is 6.08 Å². The Hall–Kier alpha value is -2.35. The number of Topliss-reactive ketones (excluding diaryl/α,β-unsaturated/α-hetero) is 1. The minimum absolute atomic E-state index is 0.123. The number of carbonyl (C=O) groups is 1. The first-order valence-electron chi connectivity index (χ1n) is 10.4. The van der Waals surface area contributed by atoms with Gasteiger partial charge in [0.05, 0.1) is 12.2 Å². The second kappa shape index (κ2) is 7.97. The number of benzene rings is 2. The van der Waals surface area contributed by atoms with Crippen molar-refractivity contribution in [2.45, 2.75) is 33.9 Å². The van der Waals surface area contributed by atoms with Gasteiger partial charge in [0.2, 0.25) is 5.78 Å². The molecule has 0 aromatic heterocycles. The average Bonchev–Trinajstić information content (AvgIpc) is 3.03. The van der Waals surface area contributed by atoms with Crippen LogP contribution in [0.15, 0.2) is 28.4 Å². The molecule has 3 aliphatic rings. The topological polar surface area (TPSA) is 57.2 Å². The summed E-state index contributed by atoms with van der Waals surface area (Å²) >= 11 is 3.53. The van der Waals surface area contributed by atoms with E-state index < -0.39 is 0 Å². The Morgan fingerprint density at radius 2 is 1.97 bits per heavy atom. The summed E-state index contributed by atoms with van der Waals surface area (Å²) in [6.07, 6.45) is 1.75. The molecule has 2 aromatic carbocycles. The third-order valence-corrected chi connectivity index (χ3v) is 6.07. The standard InChI is InChI=1S/C24H24BrNO5/c1-13(2)8-26-9-16-6-19-21(27)20(31-23(19)14(3)22(16)29-11-26)7-15-4-18(25)5-17-10-28-12-30-24(15)17/h4-7,13H,8-12H2,1-3H3/b20-7-. The molecule has 0 radical (unpaired) electrons. The minimum atomic E-state index is -0.123. The van der Waals surface area contributed by atoms with Gasteiger partial charge in [-0.15, -0.1) is 0 Å². The van der Waals surface area contributed by atoms with Gasteiger partial charge in [0.15, 0.2) is 12.6 Å². The summed E-state index contributed by atoms with van der Waals surface area (Å²) in [4.78, 5) is 15.5. The van der Waals surface area contributed by atoms with E-state index in [-0.39, 0.29) is 18.3 Å². The van der Waals surface area contributed by atoms with Gasteiger partial charge in [-0.1, -0.05) is 29.8 Å². The fourth-order valence-corrected chi connectivity index (χ4v) is 4.91. The Kier molecular flexibility index (Phi) is 5.28. The molecule has 0 fully saturated rings. The molecule has 0 spiro atoms. The summed E-state index contributed by atoms with van der Waals surface area (Å²) in [5.41, 5.74) is 4.20. The maximum absolute atomic E-state index is 13.2. The first kappa shape index (κ1) is 20.5. The normalized spacial score (nSPS) is 18.9. The van der Waals surface area contributed by atoms with Crippen molar-refractivity contribution in [2.24, 2.45) is 5.92 Å². The maximum Gasteiger partial charge on any atom is 0.231 e. The molecule has 0 aliphatic carbocycles. The molecule has 31 heavy (non-hydrogen) atoms. The van der Waals surface area contributed by atoms with Gasteiger partial charge in [-0.25, -0.2) is 0 Å². The van der Waals surface area contributed by atoms with E-state index in [1.165, 1.54) is 0 Å². The number of rotatable bonds is 3. The number of ketones is 1. The van der Waals surface area contributed by atoms with Crippen molar-refractivity contribution in [3.05, 3.63) is 56.2 Å². The molecule has 3 heterocycles. The molecule has 0 atom stereocenters. The van der Waals surface area contributed by atoms with Crippen LogP contribution in [0.2, 0.25) is 0 Å². The van der Waals surface area contributed by atoms with E-state index in [1.807, 2.05) is 25.1 Å². The first-order valence-corrected chi connectivity index (χ1v) is 11.2. The smallest absolute Gasteiger partial charge is 0.231 e. The number of hydrogen-bond donors (Lipinski definition) is 0. The number of halogens is 1. The zero-order valence-corrected chi connectivity index (χ0v) is 19.4. The van der Waals surface area contributed by atoms with Gasteiger partial charge in [-0.2, -0.15) is 0 Å². The van der Waals surface area contributed by atoms with Gasteiger partial charge < -0.3 is 18.9 Å². The molecule has 0 saturated heterocycles. The van der Waals surface area contributed by atoms with Crippen LogP contribution in [0.4, 0.5) is 0 Å². The van der Waals surface area contributed by atoms with Gasteiger partial charge in [-0.3, -0.25) is 9.69 Å². The van der Waals surface area contributed by atoms with Crippen molar-refractivity contribution in [3.63, 3.8) is 0 Å². The highest BCUT2D eigenvalue weighted by atomic mass is 79.9. The fourth-order valence-electron chi connectivity index (χ4n) is 4.39. The molecule has 6 nitrogen and oxygen atoms in total. The van der Waals surface area contributed by atoms with Crippen molar-refractivity contribution in [1.29, 1.82) is 0 Å². The minimum Gasteiger partial charge on any atom is -0.477 e. The Labute approximate surface area is 189 Å². The lowest BCUT2D eigenvalue weighted by Crippen LogP contribution is -2.35. The average molecular weight is 486 g/mol. The summed E-state index contributed by atoms with van der Waals surface area (Å²) in [7, 11) is 0. The van der Waals surface area contributed by atoms with Crippen LogP contribution < -0.4 is 14.2 Å². The first-order chi connectivity index (χ1) is 14.9. The van der Waals surface area contributed by atoms with E-state index in [1.54, 1.807) is 6.08 Å². The number of hydrogen-bond acceptors (Lipinski definition) is 6. The van der Waals surface area contributed by atoms with Crippen LogP contribution in [0, 0.1) is 12.8 Å². The van der Waals surface area contributed by atoms with E-state index in [4.69, 9.17) is 18.9 Å². The molecule has 5 rings (SSSR count). The van der Waals surface area contributed by atoms with Crippen LogP contribution >= 0.6 is 15.9 Å². The highest BCUT2D eigenvalue weighted by Crippen LogP contribution is 2.44. The third kappa shape index (κ3) is 3.75. The van der Waals surface area contributed by atoms with Gasteiger partial charge in [0.1, 0.15) is 24.0 Å². The molecule has 0 bridgehead atoms. The van der Waals surface area contributed by atoms with Crippen LogP contribution in [-0.4, -0.2) is 30.8 Å². The number of fused-ring (bicyclic) bond motifs is 3. The van der Waals surface area contributed by atoms with Gasteiger partial charge in [0, 0.05) is 39.8 Å². The van der Waals surface area contributed by atoms with Crippen LogP contribution in [0.3, 0.4) is 0 Å². The van der Waals surface area contributed by atoms with E-state index in [0.29, 0.717) is 30.6 Å². The molecule has 2 aromatic rings. The summed E-state index contributed by atoms with van der Waals surface area (Å²) < 4.78 is 24.1. The highest BCUT2D eigenvalue weighted by molar-refractivity contribution is 9.10. The highest BCUT2D eigenvalue weighted by Gasteiger charge is 2.34. The monoisotopic (exact) mass is 485 g/mol. The Bertz CT molecular complexity index is 1110. The van der Waals surface area contributed by atoms with Crippen LogP contribution in [0.1, 0.15) is 46.5 Å². The molecule has 162 valence electrons. The molecule has 3 aliphatic heterocycles. The summed E-state index contributed by atoms with van der Waals surface area (Å²) in [5.74, 6) is 2.84. The lowest BCUT2D eigenvalue weighted by atomic mass is 9.99. The molecule has 0 N–H and O–H groups in total. The Morgan fingerprint density at radius 3 is 2.77 bits per heavy atom. The Balaban J connectivity index is 1.50. The molecular weight excluding hydrogens is 462 g/mol. The molecule has 0 amide bonds. The zero-order valence-electron chi connectivity index (χ0n) is 17.8. The lowest BCUT2D eigenvalue weighted by Gasteiger charge is -2.31. The van der Waals surface area contributed by atoms with Gasteiger partial charge >= 0.3 is 0 Å². The van der Waals surface area contributed by atoms with Crippen LogP contribution in [0.5, 0.6) is 17.2 Å². The molecule has 0 unspecified atom stereocenters. The van der Waals surface area contributed by atoms with E-state index in [9.17, 15) is 4.79 Å².